The minimum atomic E-state index is -1.71. The topological polar surface area (TPSA) is 71.2 Å². The summed E-state index contributed by atoms with van der Waals surface area (Å²) in [7, 11) is 0. The number of imidazole rings is 1. The lowest BCUT2D eigenvalue weighted by Crippen LogP contribution is -2.41. The second-order valence-corrected chi connectivity index (χ2v) is 9.32. The summed E-state index contributed by atoms with van der Waals surface area (Å²) in [6.07, 6.45) is 3.97. The molecule has 2 atom stereocenters. The molecule has 2 heterocycles. The molecule has 0 bridgehead atoms. The maximum atomic E-state index is 12.5. The zero-order chi connectivity index (χ0) is 21.7. The zero-order valence-corrected chi connectivity index (χ0v) is 16.7. The number of carbonyl (C=O) groups is 1. The average Bonchev–Trinajstić information content (AvgIpc) is 3.21. The summed E-state index contributed by atoms with van der Waals surface area (Å²) >= 11 is 0. The highest BCUT2D eigenvalue weighted by atomic mass is 16.6. The van der Waals surface area contributed by atoms with Gasteiger partial charge in [0.1, 0.15) is 5.60 Å². The quantitative estimate of drug-likeness (QED) is 0.792. The molecule has 1 aliphatic carbocycles. The minimum absolute atomic E-state index is 0.0264. The summed E-state index contributed by atoms with van der Waals surface area (Å²) in [6.45, 7) is 5.70. The van der Waals surface area contributed by atoms with Crippen LogP contribution in [-0.2, 0) is 11.2 Å². The summed E-state index contributed by atoms with van der Waals surface area (Å²) in [5.41, 5.74) is 1.08. The van der Waals surface area contributed by atoms with Gasteiger partial charge in [-0.1, -0.05) is 20.8 Å². The van der Waals surface area contributed by atoms with Crippen molar-refractivity contribution < 1.29 is 12.3 Å². The van der Waals surface area contributed by atoms with Gasteiger partial charge in [-0.25, -0.2) is 9.78 Å². The first-order chi connectivity index (χ1) is 14.0. The highest BCUT2D eigenvalue weighted by Gasteiger charge is 2.48. The third-order valence-electron chi connectivity index (χ3n) is 5.51. The molecule has 1 aromatic heterocycles. The first-order valence-corrected chi connectivity index (χ1v) is 9.89. The maximum absolute atomic E-state index is 12.5. The van der Waals surface area contributed by atoms with Gasteiger partial charge in [0.15, 0.2) is 0 Å². The minimum Gasteiger partial charge on any atom is -0.441 e. The summed E-state index contributed by atoms with van der Waals surface area (Å²) in [4.78, 5) is 18.6. The van der Waals surface area contributed by atoms with E-state index in [2.05, 4.69) is 31.8 Å². The van der Waals surface area contributed by atoms with Crippen LogP contribution in [0.3, 0.4) is 0 Å². The van der Waals surface area contributed by atoms with E-state index < -0.39 is 12.1 Å². The zero-order valence-electron chi connectivity index (χ0n) is 18.7. The fourth-order valence-electron chi connectivity index (χ4n) is 4.43. The number of ether oxygens (including phenoxy) is 1. The van der Waals surface area contributed by atoms with Crippen molar-refractivity contribution in [2.75, 3.05) is 13.1 Å². The van der Waals surface area contributed by atoms with E-state index >= 15 is 0 Å². The Kier molecular flexibility index (Phi) is 3.99. The standard InChI is InChI=1S/C22H28N4O2/c1-21(2,3)13-26-14-22(28-20(26)27)8-4-5-17(10-22)12-25-15-24-18-7-6-16(11-23)9-19(18)25/h6-7,9,15,17H,4-5,8,10,12-14H2,1-3H3/t17-,22-/m0/s1/i12D2. The van der Waals surface area contributed by atoms with Crippen molar-refractivity contribution in [3.63, 3.8) is 0 Å². The Labute approximate surface area is 168 Å². The molecule has 1 saturated carbocycles. The van der Waals surface area contributed by atoms with Crippen LogP contribution in [0.4, 0.5) is 4.79 Å². The van der Waals surface area contributed by atoms with Gasteiger partial charge in [0.05, 0.1) is 38.3 Å². The Hall–Kier alpha value is -2.55. The molecule has 4 rings (SSSR count). The number of nitriles is 1. The van der Waals surface area contributed by atoms with Crippen molar-refractivity contribution in [3.05, 3.63) is 30.1 Å². The average molecular weight is 383 g/mol. The number of benzene rings is 1. The molecule has 2 fully saturated rings. The number of fused-ring (bicyclic) bond motifs is 1. The molecule has 2 aromatic rings. The SMILES string of the molecule is [2H]C([2H])([C@H]1CCC[C@]2(C1)CN(CC(C)(C)C)C(=O)O2)n1cnc2ccc(C#N)cc21. The molecule has 1 aromatic carbocycles. The Morgan fingerprint density at radius 1 is 1.46 bits per heavy atom. The molecule has 6 heteroatoms. The first kappa shape index (κ1) is 16.4. The van der Waals surface area contributed by atoms with E-state index in [1.165, 1.54) is 10.9 Å². The van der Waals surface area contributed by atoms with Gasteiger partial charge in [0.25, 0.3) is 0 Å². The van der Waals surface area contributed by atoms with Crippen molar-refractivity contribution in [2.45, 2.75) is 58.6 Å². The molecule has 1 aliphatic heterocycles. The molecular formula is C22H28N4O2. The van der Waals surface area contributed by atoms with Gasteiger partial charge in [0.2, 0.25) is 0 Å². The molecule has 2 aliphatic rings. The number of rotatable bonds is 3. The van der Waals surface area contributed by atoms with E-state index in [0.29, 0.717) is 42.5 Å². The maximum Gasteiger partial charge on any atom is 0.410 e. The van der Waals surface area contributed by atoms with Gasteiger partial charge in [-0.2, -0.15) is 5.26 Å². The lowest BCUT2D eigenvalue weighted by atomic mass is 9.77. The van der Waals surface area contributed by atoms with Crippen LogP contribution in [0.1, 0.15) is 54.8 Å². The molecule has 1 amide bonds. The summed E-state index contributed by atoms with van der Waals surface area (Å²) in [5, 5.41) is 9.22. The fourth-order valence-corrected chi connectivity index (χ4v) is 4.43. The molecule has 0 N–H and O–H groups in total. The Morgan fingerprint density at radius 3 is 3.04 bits per heavy atom. The smallest absolute Gasteiger partial charge is 0.410 e. The predicted octanol–water partition coefficient (Wildman–Crippen LogP) is 4.34. The number of aromatic nitrogens is 2. The molecular weight excluding hydrogens is 352 g/mol. The third-order valence-corrected chi connectivity index (χ3v) is 5.51. The highest BCUT2D eigenvalue weighted by Crippen LogP contribution is 2.41. The van der Waals surface area contributed by atoms with Crippen LogP contribution < -0.4 is 0 Å². The van der Waals surface area contributed by atoms with E-state index in [1.807, 2.05) is 0 Å². The molecule has 148 valence electrons. The van der Waals surface area contributed by atoms with E-state index in [9.17, 15) is 10.1 Å². The van der Waals surface area contributed by atoms with E-state index in [4.69, 9.17) is 7.48 Å². The van der Waals surface area contributed by atoms with Crippen molar-refractivity contribution >= 4 is 17.1 Å². The number of nitrogens with zero attached hydrogens (tertiary/aromatic N) is 4. The van der Waals surface area contributed by atoms with E-state index in [1.54, 1.807) is 23.1 Å². The van der Waals surface area contributed by atoms with Gasteiger partial charge in [-0.3, -0.25) is 0 Å². The third kappa shape index (κ3) is 3.71. The lowest BCUT2D eigenvalue weighted by Gasteiger charge is -2.36. The van der Waals surface area contributed by atoms with Gasteiger partial charge in [0, 0.05) is 13.0 Å². The Morgan fingerprint density at radius 2 is 2.29 bits per heavy atom. The van der Waals surface area contributed by atoms with Gasteiger partial charge in [-0.05, 0) is 55.2 Å². The van der Waals surface area contributed by atoms with Crippen LogP contribution in [0.15, 0.2) is 24.5 Å². The molecule has 6 nitrogen and oxygen atoms in total. The number of amides is 1. The molecule has 1 spiro atoms. The largest absolute Gasteiger partial charge is 0.441 e. The summed E-state index contributed by atoms with van der Waals surface area (Å²) in [6, 6.07) is 7.22. The van der Waals surface area contributed by atoms with Crippen molar-refractivity contribution in [3.8, 4) is 6.07 Å². The van der Waals surface area contributed by atoms with Gasteiger partial charge in [-0.15, -0.1) is 0 Å². The monoisotopic (exact) mass is 382 g/mol. The lowest BCUT2D eigenvalue weighted by molar-refractivity contribution is 0.00413. The fraction of sp³-hybridized carbons (Fsp3) is 0.591. The second kappa shape index (κ2) is 6.80. The van der Waals surface area contributed by atoms with Crippen LogP contribution in [0.25, 0.3) is 11.0 Å². The summed E-state index contributed by atoms with van der Waals surface area (Å²) in [5.74, 6) is -0.322. The first-order valence-electron chi connectivity index (χ1n) is 10.9. The number of hydrogen-bond donors (Lipinski definition) is 0. The van der Waals surface area contributed by atoms with Crippen LogP contribution in [0.2, 0.25) is 0 Å². The molecule has 0 radical (unpaired) electrons. The molecule has 28 heavy (non-hydrogen) atoms. The predicted molar refractivity (Wildman–Crippen MR) is 107 cm³/mol. The molecule has 1 saturated heterocycles. The van der Waals surface area contributed by atoms with Crippen LogP contribution in [0, 0.1) is 22.7 Å². The van der Waals surface area contributed by atoms with E-state index in [0.717, 1.165) is 12.8 Å². The summed E-state index contributed by atoms with van der Waals surface area (Å²) < 4.78 is 25.3. The van der Waals surface area contributed by atoms with Crippen molar-refractivity contribution in [2.24, 2.45) is 11.3 Å². The van der Waals surface area contributed by atoms with Gasteiger partial charge < -0.3 is 14.2 Å². The van der Waals surface area contributed by atoms with Crippen molar-refractivity contribution in [1.29, 1.82) is 5.26 Å². The normalized spacial score (nSPS) is 26.9. The van der Waals surface area contributed by atoms with Crippen LogP contribution >= 0.6 is 0 Å². The van der Waals surface area contributed by atoms with Crippen LogP contribution in [-0.4, -0.2) is 39.2 Å². The Balaban J connectivity index is 1.60. The van der Waals surface area contributed by atoms with Gasteiger partial charge >= 0.3 is 6.09 Å². The highest BCUT2D eigenvalue weighted by molar-refractivity contribution is 5.77. The number of carbonyl (C=O) groups excluding carboxylic acids is 1. The van der Waals surface area contributed by atoms with Crippen molar-refractivity contribution in [1.82, 2.24) is 14.5 Å². The Bertz CT molecular complexity index is 1020. The van der Waals surface area contributed by atoms with E-state index in [-0.39, 0.29) is 17.4 Å². The number of hydrogen-bond acceptors (Lipinski definition) is 4. The van der Waals surface area contributed by atoms with Crippen LogP contribution in [0.5, 0.6) is 0 Å². The molecule has 0 unspecified atom stereocenters. The second-order valence-electron chi connectivity index (χ2n) is 9.32.